The van der Waals surface area contributed by atoms with E-state index in [1.54, 1.807) is 50.4 Å². The van der Waals surface area contributed by atoms with Crippen LogP contribution in [-0.2, 0) is 4.74 Å². The summed E-state index contributed by atoms with van der Waals surface area (Å²) in [6.07, 6.45) is 0. The first-order valence-electron chi connectivity index (χ1n) is 8.90. The van der Waals surface area contributed by atoms with Crippen LogP contribution in [0.3, 0.4) is 0 Å². The van der Waals surface area contributed by atoms with Gasteiger partial charge in [0, 0.05) is 10.9 Å². The summed E-state index contributed by atoms with van der Waals surface area (Å²) in [4.78, 5) is 29.2. The highest BCUT2D eigenvalue weighted by Gasteiger charge is 2.16. The van der Waals surface area contributed by atoms with Gasteiger partial charge in [-0.15, -0.1) is 0 Å². The smallest absolute Gasteiger partial charge is 0.340 e. The molecule has 144 valence electrons. The molecular weight excluding hydrogens is 358 g/mol. The van der Waals surface area contributed by atoms with Gasteiger partial charge in [0.25, 0.3) is 0 Å². The number of hydrogen-bond donors (Lipinski definition) is 0. The van der Waals surface area contributed by atoms with E-state index in [1.165, 1.54) is 0 Å². The first-order chi connectivity index (χ1) is 13.5. The predicted octanol–water partition coefficient (Wildman–Crippen LogP) is 3.99. The summed E-state index contributed by atoms with van der Waals surface area (Å²) in [5.41, 5.74) is 2.06. The van der Waals surface area contributed by atoms with E-state index < -0.39 is 5.97 Å². The number of aromatic nitrogens is 1. The predicted molar refractivity (Wildman–Crippen MR) is 105 cm³/mol. The molecule has 0 spiro atoms. The third-order valence-electron chi connectivity index (χ3n) is 4.25. The van der Waals surface area contributed by atoms with Gasteiger partial charge >= 0.3 is 5.97 Å². The molecule has 0 saturated heterocycles. The zero-order valence-corrected chi connectivity index (χ0v) is 16.0. The normalized spacial score (nSPS) is 10.5. The Hall–Kier alpha value is -3.41. The Morgan fingerprint density at radius 3 is 2.39 bits per heavy atom. The number of Topliss-reactive ketones (excluding diaryl/α,β-unsaturated/α-hetero) is 1. The van der Waals surface area contributed by atoms with Gasteiger partial charge in [-0.2, -0.15) is 0 Å². The van der Waals surface area contributed by atoms with Gasteiger partial charge in [0.05, 0.1) is 30.5 Å². The number of carbonyl (C=O) groups is 2. The Balaban J connectivity index is 1.71. The van der Waals surface area contributed by atoms with E-state index in [0.29, 0.717) is 34.9 Å². The van der Waals surface area contributed by atoms with Crippen molar-refractivity contribution >= 4 is 22.7 Å². The number of esters is 1. The van der Waals surface area contributed by atoms with Gasteiger partial charge in [0.1, 0.15) is 11.5 Å². The zero-order chi connectivity index (χ0) is 20.1. The van der Waals surface area contributed by atoms with Crippen LogP contribution in [0.4, 0.5) is 0 Å². The van der Waals surface area contributed by atoms with Crippen molar-refractivity contribution in [2.24, 2.45) is 0 Å². The van der Waals surface area contributed by atoms with E-state index in [1.807, 2.05) is 19.1 Å². The maximum atomic E-state index is 12.5. The van der Waals surface area contributed by atoms with E-state index in [0.717, 1.165) is 10.9 Å². The van der Waals surface area contributed by atoms with Crippen molar-refractivity contribution < 1.29 is 23.8 Å². The maximum absolute atomic E-state index is 12.5. The highest BCUT2D eigenvalue weighted by atomic mass is 16.5. The molecule has 28 heavy (non-hydrogen) atoms. The summed E-state index contributed by atoms with van der Waals surface area (Å²) in [6.45, 7) is 3.82. The lowest BCUT2D eigenvalue weighted by Gasteiger charge is -2.09. The number of aryl methyl sites for hydroxylation is 1. The number of carbonyl (C=O) groups excluding carboxylic acids is 2. The maximum Gasteiger partial charge on any atom is 0.340 e. The number of methoxy groups -OCH3 is 1. The largest absolute Gasteiger partial charge is 0.497 e. The van der Waals surface area contributed by atoms with Gasteiger partial charge in [-0.25, -0.2) is 4.79 Å². The molecule has 0 radical (unpaired) electrons. The van der Waals surface area contributed by atoms with E-state index >= 15 is 0 Å². The molecule has 0 bridgehead atoms. The van der Waals surface area contributed by atoms with Gasteiger partial charge in [-0.05, 0) is 62.4 Å². The van der Waals surface area contributed by atoms with Crippen molar-refractivity contribution in [3.63, 3.8) is 0 Å². The lowest BCUT2D eigenvalue weighted by Crippen LogP contribution is -2.15. The van der Waals surface area contributed by atoms with Gasteiger partial charge < -0.3 is 14.2 Å². The van der Waals surface area contributed by atoms with Crippen molar-refractivity contribution in [3.8, 4) is 11.5 Å². The van der Waals surface area contributed by atoms with Crippen LogP contribution in [0.1, 0.15) is 33.3 Å². The molecule has 0 atom stereocenters. The second-order valence-electron chi connectivity index (χ2n) is 6.14. The third-order valence-corrected chi connectivity index (χ3v) is 4.25. The topological polar surface area (TPSA) is 74.7 Å². The fraction of sp³-hybridized carbons (Fsp3) is 0.227. The molecule has 0 N–H and O–H groups in total. The summed E-state index contributed by atoms with van der Waals surface area (Å²) < 4.78 is 15.8. The van der Waals surface area contributed by atoms with Crippen LogP contribution < -0.4 is 9.47 Å². The van der Waals surface area contributed by atoms with Crippen LogP contribution in [0.2, 0.25) is 0 Å². The number of benzene rings is 2. The van der Waals surface area contributed by atoms with Crippen molar-refractivity contribution in [2.75, 3.05) is 20.3 Å². The molecule has 0 aliphatic carbocycles. The number of hydrogen-bond acceptors (Lipinski definition) is 6. The molecule has 0 amide bonds. The summed E-state index contributed by atoms with van der Waals surface area (Å²) in [5.74, 6) is 0.478. The van der Waals surface area contributed by atoms with Crippen LogP contribution in [0.15, 0.2) is 48.5 Å². The van der Waals surface area contributed by atoms with Crippen LogP contribution in [0.25, 0.3) is 10.9 Å². The quantitative estimate of drug-likeness (QED) is 0.456. The van der Waals surface area contributed by atoms with Gasteiger partial charge in [-0.3, -0.25) is 9.78 Å². The number of ether oxygens (including phenoxy) is 3. The fourth-order valence-corrected chi connectivity index (χ4v) is 2.78. The number of nitrogens with zero attached hydrogens (tertiary/aromatic N) is 1. The van der Waals surface area contributed by atoms with Crippen molar-refractivity contribution in [1.82, 2.24) is 4.98 Å². The average Bonchev–Trinajstić information content (AvgIpc) is 2.71. The van der Waals surface area contributed by atoms with Crippen molar-refractivity contribution in [3.05, 3.63) is 65.4 Å². The standard InChI is InChI=1S/C22H21NO5/c1-4-27-17-7-5-15(6-8-17)21(24)13-28-22(25)19-12-16-11-18(26-3)9-10-20(16)23-14(19)2/h5-12H,4,13H2,1-3H3. The minimum Gasteiger partial charge on any atom is -0.497 e. The molecule has 0 aliphatic heterocycles. The summed E-state index contributed by atoms with van der Waals surface area (Å²) in [7, 11) is 1.57. The number of fused-ring (bicyclic) bond motifs is 1. The Morgan fingerprint density at radius 2 is 1.71 bits per heavy atom. The molecule has 3 aromatic rings. The molecule has 3 rings (SSSR count). The van der Waals surface area contributed by atoms with E-state index in [9.17, 15) is 9.59 Å². The van der Waals surface area contributed by atoms with Crippen molar-refractivity contribution in [2.45, 2.75) is 13.8 Å². The molecule has 2 aromatic carbocycles. The molecule has 0 fully saturated rings. The highest BCUT2D eigenvalue weighted by molar-refractivity contribution is 6.00. The summed E-state index contributed by atoms with van der Waals surface area (Å²) in [6, 6.07) is 13.8. The lowest BCUT2D eigenvalue weighted by atomic mass is 10.1. The van der Waals surface area contributed by atoms with Crippen LogP contribution in [0, 0.1) is 6.92 Å². The zero-order valence-electron chi connectivity index (χ0n) is 16.0. The van der Waals surface area contributed by atoms with Crippen LogP contribution in [0.5, 0.6) is 11.5 Å². The Kier molecular flexibility index (Phi) is 5.89. The highest BCUT2D eigenvalue weighted by Crippen LogP contribution is 2.22. The van der Waals surface area contributed by atoms with E-state index in [4.69, 9.17) is 14.2 Å². The monoisotopic (exact) mass is 379 g/mol. The average molecular weight is 379 g/mol. The first-order valence-corrected chi connectivity index (χ1v) is 8.90. The number of ketones is 1. The second-order valence-corrected chi connectivity index (χ2v) is 6.14. The minimum absolute atomic E-state index is 0.288. The Morgan fingerprint density at radius 1 is 1.00 bits per heavy atom. The molecular formula is C22H21NO5. The Bertz CT molecular complexity index is 1010. The fourth-order valence-electron chi connectivity index (χ4n) is 2.78. The van der Waals surface area contributed by atoms with Gasteiger partial charge in [0.2, 0.25) is 0 Å². The molecule has 1 aromatic heterocycles. The summed E-state index contributed by atoms with van der Waals surface area (Å²) in [5, 5.41) is 0.759. The first kappa shape index (κ1) is 19.4. The third kappa shape index (κ3) is 4.28. The Labute approximate surface area is 163 Å². The lowest BCUT2D eigenvalue weighted by molar-refractivity contribution is 0.0473. The molecule has 0 aliphatic rings. The minimum atomic E-state index is -0.589. The molecule has 0 unspecified atom stereocenters. The molecule has 6 heteroatoms. The van der Waals surface area contributed by atoms with Gasteiger partial charge in [-0.1, -0.05) is 0 Å². The SMILES string of the molecule is CCOc1ccc(C(=O)COC(=O)c2cc3cc(OC)ccc3nc2C)cc1. The number of pyridine rings is 1. The number of rotatable bonds is 7. The van der Waals surface area contributed by atoms with Crippen LogP contribution >= 0.6 is 0 Å². The van der Waals surface area contributed by atoms with E-state index in [-0.39, 0.29) is 12.4 Å². The second kappa shape index (κ2) is 8.52. The molecule has 0 saturated carbocycles. The van der Waals surface area contributed by atoms with Crippen LogP contribution in [-0.4, -0.2) is 37.1 Å². The molecule has 6 nitrogen and oxygen atoms in total. The van der Waals surface area contributed by atoms with Crippen molar-refractivity contribution in [1.29, 1.82) is 0 Å². The molecule has 1 heterocycles. The van der Waals surface area contributed by atoms with Gasteiger partial charge in [0.15, 0.2) is 12.4 Å². The van der Waals surface area contributed by atoms with E-state index in [2.05, 4.69) is 4.98 Å². The summed E-state index contributed by atoms with van der Waals surface area (Å²) >= 11 is 0.